The van der Waals surface area contributed by atoms with Gasteiger partial charge in [-0.3, -0.25) is 4.79 Å². The number of para-hydroxylation sites is 1. The van der Waals surface area contributed by atoms with Gasteiger partial charge in [-0.05, 0) is 25.0 Å². The standard InChI is InChI=1S/C14H13N3O2/c1-3-10-12(18)11-6-4-5-9(2)13(11)19-14(10)17-8-15-7-16-17/h4-8H,3H2,1-2H3. The zero-order chi connectivity index (χ0) is 13.4. The average Bonchev–Trinajstić information content (AvgIpc) is 2.93. The number of nitrogens with zero attached hydrogens (tertiary/aromatic N) is 3. The molecule has 19 heavy (non-hydrogen) atoms. The molecule has 3 rings (SSSR count). The monoisotopic (exact) mass is 255 g/mol. The number of rotatable bonds is 2. The van der Waals surface area contributed by atoms with E-state index < -0.39 is 0 Å². The van der Waals surface area contributed by atoms with Crippen molar-refractivity contribution >= 4 is 11.0 Å². The van der Waals surface area contributed by atoms with E-state index in [9.17, 15) is 4.79 Å². The minimum absolute atomic E-state index is 0.00190. The van der Waals surface area contributed by atoms with Crippen molar-refractivity contribution in [2.45, 2.75) is 20.3 Å². The molecule has 0 amide bonds. The van der Waals surface area contributed by atoms with Crippen LogP contribution in [0.15, 0.2) is 40.1 Å². The van der Waals surface area contributed by atoms with Gasteiger partial charge in [0.05, 0.1) is 10.9 Å². The van der Waals surface area contributed by atoms with E-state index in [1.807, 2.05) is 26.0 Å². The third-order valence-corrected chi connectivity index (χ3v) is 3.17. The van der Waals surface area contributed by atoms with Crippen molar-refractivity contribution in [1.82, 2.24) is 14.8 Å². The summed E-state index contributed by atoms with van der Waals surface area (Å²) in [5, 5.41) is 4.66. The summed E-state index contributed by atoms with van der Waals surface area (Å²) >= 11 is 0. The highest BCUT2D eigenvalue weighted by Crippen LogP contribution is 2.21. The van der Waals surface area contributed by atoms with Gasteiger partial charge in [0.15, 0.2) is 5.43 Å². The van der Waals surface area contributed by atoms with E-state index in [2.05, 4.69) is 10.1 Å². The summed E-state index contributed by atoms with van der Waals surface area (Å²) < 4.78 is 7.39. The van der Waals surface area contributed by atoms with Crippen LogP contribution in [-0.2, 0) is 6.42 Å². The smallest absolute Gasteiger partial charge is 0.229 e. The summed E-state index contributed by atoms with van der Waals surface area (Å²) in [5.41, 5.74) is 2.15. The molecule has 0 aliphatic carbocycles. The number of hydrogen-bond donors (Lipinski definition) is 0. The van der Waals surface area contributed by atoms with E-state index in [4.69, 9.17) is 4.42 Å². The van der Waals surface area contributed by atoms with Gasteiger partial charge < -0.3 is 4.42 Å². The van der Waals surface area contributed by atoms with Gasteiger partial charge >= 0.3 is 0 Å². The molecule has 0 saturated carbocycles. The van der Waals surface area contributed by atoms with Crippen molar-refractivity contribution in [1.29, 1.82) is 0 Å². The second-order valence-corrected chi connectivity index (χ2v) is 4.36. The van der Waals surface area contributed by atoms with Crippen LogP contribution in [0.2, 0.25) is 0 Å². The van der Waals surface area contributed by atoms with Gasteiger partial charge in [-0.2, -0.15) is 9.78 Å². The first-order valence-electron chi connectivity index (χ1n) is 6.12. The molecule has 0 spiro atoms. The Morgan fingerprint density at radius 3 is 2.89 bits per heavy atom. The van der Waals surface area contributed by atoms with E-state index in [-0.39, 0.29) is 5.43 Å². The lowest BCUT2D eigenvalue weighted by Gasteiger charge is -2.08. The summed E-state index contributed by atoms with van der Waals surface area (Å²) in [7, 11) is 0. The highest BCUT2D eigenvalue weighted by atomic mass is 16.4. The van der Waals surface area contributed by atoms with E-state index in [0.717, 1.165) is 5.56 Å². The Bertz CT molecular complexity index is 788. The van der Waals surface area contributed by atoms with Crippen LogP contribution >= 0.6 is 0 Å². The Labute approximate surface area is 109 Å². The second kappa shape index (κ2) is 4.35. The maximum atomic E-state index is 12.5. The lowest BCUT2D eigenvalue weighted by atomic mass is 10.1. The quantitative estimate of drug-likeness (QED) is 0.704. The lowest BCUT2D eigenvalue weighted by molar-refractivity contribution is 0.536. The Balaban J connectivity index is 2.45. The van der Waals surface area contributed by atoms with E-state index >= 15 is 0 Å². The molecule has 0 unspecified atom stereocenters. The minimum Gasteiger partial charge on any atom is -0.437 e. The van der Waals surface area contributed by atoms with Crippen molar-refractivity contribution in [3.05, 3.63) is 52.2 Å². The summed E-state index contributed by atoms with van der Waals surface area (Å²) in [6.45, 7) is 3.84. The first-order valence-corrected chi connectivity index (χ1v) is 6.12. The molecule has 0 saturated heterocycles. The average molecular weight is 255 g/mol. The number of aromatic nitrogens is 3. The van der Waals surface area contributed by atoms with Crippen molar-refractivity contribution in [3.8, 4) is 5.88 Å². The molecule has 0 bridgehead atoms. The third-order valence-electron chi connectivity index (χ3n) is 3.17. The second-order valence-electron chi connectivity index (χ2n) is 4.36. The van der Waals surface area contributed by atoms with Gasteiger partial charge in [-0.15, -0.1) is 0 Å². The largest absolute Gasteiger partial charge is 0.437 e. The first kappa shape index (κ1) is 11.6. The number of benzene rings is 1. The molecule has 0 aliphatic heterocycles. The molecule has 0 aliphatic rings. The van der Waals surface area contributed by atoms with Crippen LogP contribution in [0.25, 0.3) is 16.9 Å². The molecule has 0 N–H and O–H groups in total. The maximum absolute atomic E-state index is 12.5. The van der Waals surface area contributed by atoms with Crippen LogP contribution in [0, 0.1) is 6.92 Å². The third kappa shape index (κ3) is 1.74. The predicted molar refractivity (Wildman–Crippen MR) is 71.5 cm³/mol. The topological polar surface area (TPSA) is 60.9 Å². The van der Waals surface area contributed by atoms with Crippen molar-refractivity contribution in [3.63, 3.8) is 0 Å². The molecule has 3 aromatic rings. The van der Waals surface area contributed by atoms with E-state index in [1.165, 1.54) is 17.3 Å². The molecule has 0 fully saturated rings. The molecule has 5 nitrogen and oxygen atoms in total. The van der Waals surface area contributed by atoms with Gasteiger partial charge in [-0.25, -0.2) is 4.98 Å². The Hall–Kier alpha value is -2.43. The molecule has 2 aromatic heterocycles. The Morgan fingerprint density at radius 2 is 2.21 bits per heavy atom. The van der Waals surface area contributed by atoms with Crippen LogP contribution in [-0.4, -0.2) is 14.8 Å². The lowest BCUT2D eigenvalue weighted by Crippen LogP contribution is -2.14. The van der Waals surface area contributed by atoms with Crippen LogP contribution in [0.3, 0.4) is 0 Å². The van der Waals surface area contributed by atoms with Crippen molar-refractivity contribution < 1.29 is 4.42 Å². The highest BCUT2D eigenvalue weighted by molar-refractivity contribution is 5.80. The SMILES string of the molecule is CCc1c(-n2cncn2)oc2c(C)cccc2c1=O. The van der Waals surface area contributed by atoms with E-state index in [0.29, 0.717) is 28.8 Å². The Kier molecular flexibility index (Phi) is 2.67. The fourth-order valence-electron chi connectivity index (χ4n) is 2.19. The normalized spacial score (nSPS) is 11.1. The van der Waals surface area contributed by atoms with Gasteiger partial charge in [0.2, 0.25) is 5.88 Å². The molecule has 0 atom stereocenters. The summed E-state index contributed by atoms with van der Waals surface area (Å²) in [5.74, 6) is 0.451. The molecule has 1 aromatic carbocycles. The molecule has 96 valence electrons. The van der Waals surface area contributed by atoms with Crippen LogP contribution in [0.1, 0.15) is 18.1 Å². The number of hydrogen-bond acceptors (Lipinski definition) is 4. The summed E-state index contributed by atoms with van der Waals surface area (Å²) in [6, 6.07) is 5.57. The summed E-state index contributed by atoms with van der Waals surface area (Å²) in [6.07, 6.45) is 3.53. The molecule has 0 radical (unpaired) electrons. The predicted octanol–water partition coefficient (Wildman–Crippen LogP) is 2.24. The maximum Gasteiger partial charge on any atom is 0.229 e. The molecular weight excluding hydrogens is 242 g/mol. The Morgan fingerprint density at radius 1 is 1.37 bits per heavy atom. The van der Waals surface area contributed by atoms with Gasteiger partial charge in [0, 0.05) is 0 Å². The zero-order valence-corrected chi connectivity index (χ0v) is 10.8. The minimum atomic E-state index is -0.00190. The number of fused-ring (bicyclic) bond motifs is 1. The van der Waals surface area contributed by atoms with Crippen LogP contribution in [0.5, 0.6) is 0 Å². The van der Waals surface area contributed by atoms with Crippen LogP contribution in [0.4, 0.5) is 0 Å². The van der Waals surface area contributed by atoms with Crippen LogP contribution < -0.4 is 5.43 Å². The summed E-state index contributed by atoms with van der Waals surface area (Å²) in [4.78, 5) is 16.4. The van der Waals surface area contributed by atoms with Gasteiger partial charge in [-0.1, -0.05) is 19.1 Å². The highest BCUT2D eigenvalue weighted by Gasteiger charge is 2.15. The van der Waals surface area contributed by atoms with Gasteiger partial charge in [0.1, 0.15) is 18.2 Å². The molecular formula is C14H13N3O2. The molecule has 2 heterocycles. The van der Waals surface area contributed by atoms with Gasteiger partial charge in [0.25, 0.3) is 0 Å². The van der Waals surface area contributed by atoms with Crippen molar-refractivity contribution in [2.75, 3.05) is 0 Å². The zero-order valence-electron chi connectivity index (χ0n) is 10.8. The van der Waals surface area contributed by atoms with Crippen molar-refractivity contribution in [2.24, 2.45) is 0 Å². The molecule has 5 heteroatoms. The fourth-order valence-corrected chi connectivity index (χ4v) is 2.19. The van der Waals surface area contributed by atoms with E-state index in [1.54, 1.807) is 6.07 Å². The fraction of sp³-hybridized carbons (Fsp3) is 0.214. The number of aryl methyl sites for hydroxylation is 1. The first-order chi connectivity index (χ1) is 9.22.